The van der Waals surface area contributed by atoms with Crippen molar-refractivity contribution in [3.05, 3.63) is 30.3 Å². The summed E-state index contributed by atoms with van der Waals surface area (Å²) in [5.74, 6) is 1.03. The standard InChI is InChI=1S/C12H18N2OS.ClH/c1-13-8-7-12(15)14-9-10-16-11-5-3-2-4-6-11;/h2-6,13H,7-10H2,1H3,(H,14,15);1H. The van der Waals surface area contributed by atoms with E-state index in [1.165, 1.54) is 4.90 Å². The Morgan fingerprint density at radius 1 is 1.24 bits per heavy atom. The van der Waals surface area contributed by atoms with Crippen molar-refractivity contribution in [2.24, 2.45) is 0 Å². The highest BCUT2D eigenvalue weighted by Gasteiger charge is 1.99. The van der Waals surface area contributed by atoms with Gasteiger partial charge in [0.1, 0.15) is 0 Å². The molecule has 0 spiro atoms. The minimum atomic E-state index is 0. The largest absolute Gasteiger partial charge is 0.355 e. The van der Waals surface area contributed by atoms with E-state index >= 15 is 0 Å². The molecule has 96 valence electrons. The molecule has 1 rings (SSSR count). The van der Waals surface area contributed by atoms with Gasteiger partial charge in [-0.3, -0.25) is 4.79 Å². The molecule has 0 heterocycles. The Bertz CT molecular complexity index is 309. The molecule has 0 fully saturated rings. The van der Waals surface area contributed by atoms with E-state index in [0.717, 1.165) is 18.8 Å². The lowest BCUT2D eigenvalue weighted by Crippen LogP contribution is -2.28. The number of benzene rings is 1. The van der Waals surface area contributed by atoms with E-state index in [-0.39, 0.29) is 18.3 Å². The number of amides is 1. The van der Waals surface area contributed by atoms with Crippen LogP contribution in [0.25, 0.3) is 0 Å². The third-order valence-electron chi connectivity index (χ3n) is 2.04. The summed E-state index contributed by atoms with van der Waals surface area (Å²) in [4.78, 5) is 12.5. The maximum atomic E-state index is 11.3. The Balaban J connectivity index is 0.00000256. The highest BCUT2D eigenvalue weighted by atomic mass is 35.5. The van der Waals surface area contributed by atoms with Crippen LogP contribution in [0.5, 0.6) is 0 Å². The van der Waals surface area contributed by atoms with Crippen molar-refractivity contribution < 1.29 is 4.79 Å². The Morgan fingerprint density at radius 3 is 2.59 bits per heavy atom. The van der Waals surface area contributed by atoms with Gasteiger partial charge in [0, 0.05) is 30.2 Å². The molecular formula is C12H19ClN2OS. The van der Waals surface area contributed by atoms with Gasteiger partial charge in [-0.1, -0.05) is 18.2 Å². The van der Waals surface area contributed by atoms with Gasteiger partial charge in [-0.05, 0) is 19.2 Å². The minimum absolute atomic E-state index is 0. The topological polar surface area (TPSA) is 41.1 Å². The highest BCUT2D eigenvalue weighted by molar-refractivity contribution is 7.99. The van der Waals surface area contributed by atoms with E-state index < -0.39 is 0 Å². The van der Waals surface area contributed by atoms with Crippen LogP contribution in [0.3, 0.4) is 0 Å². The Morgan fingerprint density at radius 2 is 1.94 bits per heavy atom. The number of hydrogen-bond donors (Lipinski definition) is 2. The van der Waals surface area contributed by atoms with Gasteiger partial charge < -0.3 is 10.6 Å². The summed E-state index contributed by atoms with van der Waals surface area (Å²) in [5, 5.41) is 5.84. The second-order valence-electron chi connectivity index (χ2n) is 3.37. The molecule has 0 aromatic heterocycles. The molecule has 1 amide bonds. The van der Waals surface area contributed by atoms with Crippen molar-refractivity contribution in [3.8, 4) is 0 Å². The van der Waals surface area contributed by atoms with Gasteiger partial charge in [-0.15, -0.1) is 24.2 Å². The Kier molecular flexibility index (Phi) is 10.0. The quantitative estimate of drug-likeness (QED) is 0.590. The SMILES string of the molecule is CNCCC(=O)NCCSc1ccccc1.Cl. The van der Waals surface area contributed by atoms with Crippen LogP contribution in [-0.2, 0) is 4.79 Å². The number of carbonyl (C=O) groups excluding carboxylic acids is 1. The first-order valence-electron chi connectivity index (χ1n) is 5.42. The van der Waals surface area contributed by atoms with Crippen LogP contribution in [0.4, 0.5) is 0 Å². The predicted molar refractivity (Wildman–Crippen MR) is 76.0 cm³/mol. The van der Waals surface area contributed by atoms with Crippen molar-refractivity contribution in [2.75, 3.05) is 25.9 Å². The lowest BCUT2D eigenvalue weighted by atomic mass is 10.4. The summed E-state index contributed by atoms with van der Waals surface area (Å²) < 4.78 is 0. The highest BCUT2D eigenvalue weighted by Crippen LogP contribution is 2.15. The van der Waals surface area contributed by atoms with Crippen molar-refractivity contribution in [2.45, 2.75) is 11.3 Å². The Labute approximate surface area is 113 Å². The molecule has 0 aliphatic carbocycles. The van der Waals surface area contributed by atoms with Gasteiger partial charge in [0.2, 0.25) is 5.91 Å². The molecular weight excluding hydrogens is 256 g/mol. The minimum Gasteiger partial charge on any atom is -0.355 e. The number of hydrogen-bond acceptors (Lipinski definition) is 3. The molecule has 0 saturated carbocycles. The molecule has 0 bridgehead atoms. The molecule has 3 nitrogen and oxygen atoms in total. The maximum Gasteiger partial charge on any atom is 0.221 e. The van der Waals surface area contributed by atoms with Crippen LogP contribution in [-0.4, -0.2) is 31.8 Å². The van der Waals surface area contributed by atoms with Crippen LogP contribution in [0, 0.1) is 0 Å². The maximum absolute atomic E-state index is 11.3. The van der Waals surface area contributed by atoms with Crippen LogP contribution < -0.4 is 10.6 Å². The normalized spacial score (nSPS) is 9.47. The van der Waals surface area contributed by atoms with E-state index in [1.807, 2.05) is 25.2 Å². The smallest absolute Gasteiger partial charge is 0.221 e. The number of carbonyl (C=O) groups is 1. The monoisotopic (exact) mass is 274 g/mol. The van der Waals surface area contributed by atoms with Gasteiger partial charge in [0.25, 0.3) is 0 Å². The molecule has 0 atom stereocenters. The first-order chi connectivity index (χ1) is 7.83. The van der Waals surface area contributed by atoms with E-state index in [2.05, 4.69) is 22.8 Å². The fourth-order valence-corrected chi connectivity index (χ4v) is 1.99. The molecule has 0 radical (unpaired) electrons. The van der Waals surface area contributed by atoms with Gasteiger partial charge in [-0.2, -0.15) is 0 Å². The van der Waals surface area contributed by atoms with Crippen molar-refractivity contribution in [1.29, 1.82) is 0 Å². The molecule has 5 heteroatoms. The van der Waals surface area contributed by atoms with Crippen LogP contribution in [0.2, 0.25) is 0 Å². The lowest BCUT2D eigenvalue weighted by molar-refractivity contribution is -0.120. The summed E-state index contributed by atoms with van der Waals surface area (Å²) in [5.41, 5.74) is 0. The average molecular weight is 275 g/mol. The molecule has 2 N–H and O–H groups in total. The van der Waals surface area contributed by atoms with Gasteiger partial charge in [0.05, 0.1) is 0 Å². The lowest BCUT2D eigenvalue weighted by Gasteiger charge is -2.04. The summed E-state index contributed by atoms with van der Waals surface area (Å²) in [7, 11) is 1.85. The zero-order chi connectivity index (χ0) is 11.6. The molecule has 1 aromatic carbocycles. The third kappa shape index (κ3) is 8.07. The molecule has 0 aliphatic rings. The first-order valence-corrected chi connectivity index (χ1v) is 6.40. The fourth-order valence-electron chi connectivity index (χ4n) is 1.20. The van der Waals surface area contributed by atoms with E-state index in [4.69, 9.17) is 0 Å². The second kappa shape index (κ2) is 10.4. The van der Waals surface area contributed by atoms with Crippen LogP contribution >= 0.6 is 24.2 Å². The van der Waals surface area contributed by atoms with Crippen LogP contribution in [0.1, 0.15) is 6.42 Å². The third-order valence-corrected chi connectivity index (χ3v) is 3.05. The van der Waals surface area contributed by atoms with Gasteiger partial charge >= 0.3 is 0 Å². The first kappa shape index (κ1) is 16.3. The van der Waals surface area contributed by atoms with E-state index in [1.54, 1.807) is 11.8 Å². The van der Waals surface area contributed by atoms with Gasteiger partial charge in [0.15, 0.2) is 0 Å². The number of nitrogens with one attached hydrogen (secondary N) is 2. The molecule has 0 unspecified atom stereocenters. The molecule has 17 heavy (non-hydrogen) atoms. The molecule has 1 aromatic rings. The predicted octanol–water partition coefficient (Wildman–Crippen LogP) is 1.93. The Hall–Kier alpha value is -0.710. The molecule has 0 aliphatic heterocycles. The number of rotatable bonds is 7. The average Bonchev–Trinajstić information content (AvgIpc) is 2.33. The second-order valence-corrected chi connectivity index (χ2v) is 4.53. The summed E-state index contributed by atoms with van der Waals surface area (Å²) >= 11 is 1.76. The van der Waals surface area contributed by atoms with Crippen molar-refractivity contribution in [1.82, 2.24) is 10.6 Å². The zero-order valence-electron chi connectivity index (χ0n) is 9.94. The summed E-state index contributed by atoms with van der Waals surface area (Å²) in [6.07, 6.45) is 0.548. The summed E-state index contributed by atoms with van der Waals surface area (Å²) in [6, 6.07) is 10.2. The van der Waals surface area contributed by atoms with Gasteiger partial charge in [-0.25, -0.2) is 0 Å². The summed E-state index contributed by atoms with van der Waals surface area (Å²) in [6.45, 7) is 1.46. The fraction of sp³-hybridized carbons (Fsp3) is 0.417. The van der Waals surface area contributed by atoms with E-state index in [0.29, 0.717) is 6.42 Å². The van der Waals surface area contributed by atoms with Crippen LogP contribution in [0.15, 0.2) is 35.2 Å². The number of halogens is 1. The number of thioether (sulfide) groups is 1. The van der Waals surface area contributed by atoms with Crippen molar-refractivity contribution in [3.63, 3.8) is 0 Å². The van der Waals surface area contributed by atoms with E-state index in [9.17, 15) is 4.79 Å². The van der Waals surface area contributed by atoms with Crippen molar-refractivity contribution >= 4 is 30.1 Å². The molecule has 0 saturated heterocycles. The zero-order valence-corrected chi connectivity index (χ0v) is 11.6.